The molecule has 0 bridgehead atoms. The van der Waals surface area contributed by atoms with E-state index < -0.39 is 12.3 Å². The van der Waals surface area contributed by atoms with Gasteiger partial charge in [0.05, 0.1) is 5.56 Å². The second-order valence-corrected chi connectivity index (χ2v) is 4.38. The predicted octanol–water partition coefficient (Wildman–Crippen LogP) is 4.26. The van der Waals surface area contributed by atoms with Crippen LogP contribution in [0.2, 0.25) is 0 Å². The Kier molecular flexibility index (Phi) is 3.88. The van der Waals surface area contributed by atoms with E-state index in [1.807, 2.05) is 0 Å². The van der Waals surface area contributed by atoms with Gasteiger partial charge in [0, 0.05) is 5.56 Å². The molecule has 0 saturated carbocycles. The van der Waals surface area contributed by atoms with Gasteiger partial charge in [0.2, 0.25) is 0 Å². The molecule has 2 rings (SSSR count). The van der Waals surface area contributed by atoms with Crippen LogP contribution in [0.5, 0.6) is 5.75 Å². The van der Waals surface area contributed by atoms with Gasteiger partial charge in [-0.3, -0.25) is 0 Å². The van der Waals surface area contributed by atoms with Crippen molar-refractivity contribution >= 4 is 5.97 Å². The van der Waals surface area contributed by atoms with Crippen LogP contribution in [-0.4, -0.2) is 17.4 Å². The fourth-order valence-corrected chi connectivity index (χ4v) is 2.00. The van der Waals surface area contributed by atoms with Crippen LogP contribution in [0.1, 0.15) is 15.9 Å². The normalized spacial score (nSPS) is 11.2. The summed E-state index contributed by atoms with van der Waals surface area (Å²) in [7, 11) is 0. The van der Waals surface area contributed by atoms with Crippen molar-refractivity contribution in [2.45, 2.75) is 13.3 Å². The lowest BCUT2D eigenvalue weighted by atomic mass is 9.98. The molecule has 0 spiro atoms. The molecule has 1 N–H and O–H groups in total. The molecule has 0 heterocycles. The fourth-order valence-electron chi connectivity index (χ4n) is 2.00. The van der Waals surface area contributed by atoms with E-state index in [4.69, 9.17) is 5.11 Å². The second-order valence-electron chi connectivity index (χ2n) is 4.38. The number of carbonyl (C=O) groups is 1. The summed E-state index contributed by atoms with van der Waals surface area (Å²) in [5.41, 5.74) is 1.36. The van der Waals surface area contributed by atoms with Crippen LogP contribution >= 0.6 is 0 Å². The molecule has 2 aromatic rings. The summed E-state index contributed by atoms with van der Waals surface area (Å²) in [5, 5.41) is 8.90. The van der Waals surface area contributed by atoms with Gasteiger partial charge in [-0.25, -0.2) is 4.79 Å². The maximum atomic E-state index is 12.4. The highest BCUT2D eigenvalue weighted by atomic mass is 19.4. The van der Waals surface area contributed by atoms with Crippen molar-refractivity contribution in [2.24, 2.45) is 0 Å². The summed E-state index contributed by atoms with van der Waals surface area (Å²) in [6.45, 7) is 1.63. The molecule has 3 nitrogen and oxygen atoms in total. The quantitative estimate of drug-likeness (QED) is 0.920. The summed E-state index contributed by atoms with van der Waals surface area (Å²) in [6.07, 6.45) is -4.79. The summed E-state index contributed by atoms with van der Waals surface area (Å²) >= 11 is 0. The van der Waals surface area contributed by atoms with Gasteiger partial charge in [-0.05, 0) is 36.2 Å². The Morgan fingerprint density at radius 2 is 1.76 bits per heavy atom. The average Bonchev–Trinajstić information content (AvgIpc) is 2.37. The number of aromatic carboxylic acids is 1. The second kappa shape index (κ2) is 5.47. The number of halogens is 3. The maximum Gasteiger partial charge on any atom is 0.573 e. The first-order valence-electron chi connectivity index (χ1n) is 5.97. The molecule has 0 amide bonds. The van der Waals surface area contributed by atoms with Crippen molar-refractivity contribution in [3.8, 4) is 16.9 Å². The van der Waals surface area contributed by atoms with Crippen LogP contribution in [0.25, 0.3) is 11.1 Å². The predicted molar refractivity (Wildman–Crippen MR) is 70.3 cm³/mol. The number of alkyl halides is 3. The molecular formula is C15H11F3O3. The SMILES string of the molecule is Cc1cc(C(=O)O)ccc1-c1ccccc1OC(F)(F)F. The Balaban J connectivity index is 2.50. The lowest BCUT2D eigenvalue weighted by Crippen LogP contribution is -2.17. The summed E-state index contributed by atoms with van der Waals surface area (Å²) < 4.78 is 41.2. The van der Waals surface area contributed by atoms with E-state index in [-0.39, 0.29) is 16.9 Å². The summed E-state index contributed by atoms with van der Waals surface area (Å²) in [4.78, 5) is 10.9. The fraction of sp³-hybridized carbons (Fsp3) is 0.133. The molecule has 0 radical (unpaired) electrons. The minimum absolute atomic E-state index is 0.0745. The Labute approximate surface area is 118 Å². The number of carboxylic acids is 1. The van der Waals surface area contributed by atoms with Crippen LogP contribution in [-0.2, 0) is 0 Å². The van der Waals surface area contributed by atoms with Gasteiger partial charge in [0.1, 0.15) is 5.75 Å². The van der Waals surface area contributed by atoms with Crippen molar-refractivity contribution in [3.63, 3.8) is 0 Å². The lowest BCUT2D eigenvalue weighted by Gasteiger charge is -2.14. The molecule has 0 unspecified atom stereocenters. The van der Waals surface area contributed by atoms with E-state index in [1.54, 1.807) is 13.0 Å². The molecule has 0 aliphatic rings. The molecule has 6 heteroatoms. The zero-order valence-corrected chi connectivity index (χ0v) is 10.9. The van der Waals surface area contributed by atoms with Gasteiger partial charge < -0.3 is 9.84 Å². The Bertz CT molecular complexity index is 678. The van der Waals surface area contributed by atoms with E-state index in [9.17, 15) is 18.0 Å². The van der Waals surface area contributed by atoms with Crippen LogP contribution in [0.15, 0.2) is 42.5 Å². The van der Waals surface area contributed by atoms with E-state index in [2.05, 4.69) is 4.74 Å². The summed E-state index contributed by atoms with van der Waals surface area (Å²) in [5.74, 6) is -1.42. The number of carboxylic acid groups (broad SMARTS) is 1. The van der Waals surface area contributed by atoms with E-state index >= 15 is 0 Å². The first-order chi connectivity index (χ1) is 9.78. The zero-order valence-electron chi connectivity index (χ0n) is 10.9. The molecule has 0 atom stereocenters. The van der Waals surface area contributed by atoms with Crippen LogP contribution in [0, 0.1) is 6.92 Å². The van der Waals surface area contributed by atoms with Crippen LogP contribution < -0.4 is 4.74 Å². The van der Waals surface area contributed by atoms with Crippen molar-refractivity contribution in [1.29, 1.82) is 0 Å². The minimum Gasteiger partial charge on any atom is -0.478 e. The van der Waals surface area contributed by atoms with Crippen molar-refractivity contribution in [3.05, 3.63) is 53.6 Å². The monoisotopic (exact) mass is 296 g/mol. The molecule has 0 aliphatic carbocycles. The number of benzene rings is 2. The number of hydrogen-bond acceptors (Lipinski definition) is 2. The van der Waals surface area contributed by atoms with Gasteiger partial charge in [-0.2, -0.15) is 0 Å². The van der Waals surface area contributed by atoms with Crippen molar-refractivity contribution < 1.29 is 27.8 Å². The molecule has 0 aliphatic heterocycles. The van der Waals surface area contributed by atoms with E-state index in [0.29, 0.717) is 11.1 Å². The van der Waals surface area contributed by atoms with Crippen molar-refractivity contribution in [2.75, 3.05) is 0 Å². The minimum atomic E-state index is -4.79. The summed E-state index contributed by atoms with van der Waals surface area (Å²) in [6, 6.07) is 9.94. The first kappa shape index (κ1) is 14.9. The van der Waals surface area contributed by atoms with Gasteiger partial charge in [0.15, 0.2) is 0 Å². The number of rotatable bonds is 3. The topological polar surface area (TPSA) is 46.5 Å². The largest absolute Gasteiger partial charge is 0.573 e. The third-order valence-corrected chi connectivity index (χ3v) is 2.88. The third kappa shape index (κ3) is 3.53. The smallest absolute Gasteiger partial charge is 0.478 e. The Morgan fingerprint density at radius 1 is 1.10 bits per heavy atom. The standard InChI is InChI=1S/C15H11F3O3/c1-9-8-10(14(19)20)6-7-11(9)12-4-2-3-5-13(12)21-15(16,17)18/h2-8H,1H3,(H,19,20). The highest BCUT2D eigenvalue weighted by Crippen LogP contribution is 2.35. The van der Waals surface area contributed by atoms with E-state index in [0.717, 1.165) is 0 Å². The third-order valence-electron chi connectivity index (χ3n) is 2.88. The first-order valence-corrected chi connectivity index (χ1v) is 5.97. The maximum absolute atomic E-state index is 12.4. The Hall–Kier alpha value is -2.50. The molecule has 0 fully saturated rings. The van der Waals surface area contributed by atoms with Crippen LogP contribution in [0.3, 0.4) is 0 Å². The van der Waals surface area contributed by atoms with Gasteiger partial charge in [-0.1, -0.05) is 24.3 Å². The lowest BCUT2D eigenvalue weighted by molar-refractivity contribution is -0.274. The van der Waals surface area contributed by atoms with Gasteiger partial charge in [0.25, 0.3) is 0 Å². The molecule has 2 aromatic carbocycles. The number of hydrogen-bond donors (Lipinski definition) is 1. The van der Waals surface area contributed by atoms with Crippen LogP contribution in [0.4, 0.5) is 13.2 Å². The van der Waals surface area contributed by atoms with Gasteiger partial charge >= 0.3 is 12.3 Å². The van der Waals surface area contributed by atoms with E-state index in [1.165, 1.54) is 36.4 Å². The molecule has 21 heavy (non-hydrogen) atoms. The Morgan fingerprint density at radius 3 is 2.33 bits per heavy atom. The zero-order chi connectivity index (χ0) is 15.6. The number of aryl methyl sites for hydroxylation is 1. The average molecular weight is 296 g/mol. The van der Waals surface area contributed by atoms with Gasteiger partial charge in [-0.15, -0.1) is 13.2 Å². The number of para-hydroxylation sites is 1. The van der Waals surface area contributed by atoms with Crippen molar-refractivity contribution in [1.82, 2.24) is 0 Å². The molecule has 0 saturated heterocycles. The molecule has 0 aromatic heterocycles. The highest BCUT2D eigenvalue weighted by Gasteiger charge is 2.32. The molecule has 110 valence electrons. The highest BCUT2D eigenvalue weighted by molar-refractivity contribution is 5.89. The molecular weight excluding hydrogens is 285 g/mol. The number of ether oxygens (including phenoxy) is 1.